The molecule has 0 amide bonds. The summed E-state index contributed by atoms with van der Waals surface area (Å²) in [4.78, 5) is 8.78. The molecule has 0 aliphatic heterocycles. The Labute approximate surface area is 179 Å². The first-order chi connectivity index (χ1) is 14.4. The molecular formula is C22H20ClN7. The average molecular weight is 418 g/mol. The molecule has 0 aliphatic carbocycles. The molecule has 3 heterocycles. The Morgan fingerprint density at radius 1 is 1.07 bits per heavy atom. The van der Waals surface area contributed by atoms with Crippen LogP contribution in [0.3, 0.4) is 0 Å². The van der Waals surface area contributed by atoms with Gasteiger partial charge in [0.1, 0.15) is 6.33 Å². The van der Waals surface area contributed by atoms with Crippen LogP contribution in [0.15, 0.2) is 36.7 Å². The molecule has 0 radical (unpaired) electrons. The van der Waals surface area contributed by atoms with E-state index in [9.17, 15) is 0 Å². The van der Waals surface area contributed by atoms with Crippen LogP contribution in [0.25, 0.3) is 17.1 Å². The topological polar surface area (TPSA) is 85.2 Å². The Morgan fingerprint density at radius 2 is 1.80 bits per heavy atom. The molecule has 0 bridgehead atoms. The lowest BCUT2D eigenvalue weighted by Gasteiger charge is -2.06. The molecule has 0 spiro atoms. The monoisotopic (exact) mass is 417 g/mol. The van der Waals surface area contributed by atoms with Crippen LogP contribution in [0.1, 0.15) is 33.9 Å². The number of benzene rings is 1. The summed E-state index contributed by atoms with van der Waals surface area (Å²) < 4.78 is 3.60. The average Bonchev–Trinajstić information content (AvgIpc) is 3.17. The summed E-state index contributed by atoms with van der Waals surface area (Å²) in [6, 6.07) is 11.6. The lowest BCUT2D eigenvalue weighted by molar-refractivity contribution is 0.751. The Morgan fingerprint density at radius 3 is 2.43 bits per heavy atom. The van der Waals surface area contributed by atoms with E-state index in [1.807, 2.05) is 55.9 Å². The fourth-order valence-electron chi connectivity index (χ4n) is 3.58. The molecule has 0 atom stereocenters. The number of rotatable bonds is 4. The van der Waals surface area contributed by atoms with Crippen molar-refractivity contribution in [2.75, 3.05) is 0 Å². The Balaban J connectivity index is 1.67. The van der Waals surface area contributed by atoms with Crippen LogP contribution >= 0.6 is 11.6 Å². The fourth-order valence-corrected chi connectivity index (χ4v) is 3.69. The molecule has 0 aliphatic rings. The van der Waals surface area contributed by atoms with Gasteiger partial charge < -0.3 is 0 Å². The highest BCUT2D eigenvalue weighted by atomic mass is 35.5. The molecule has 7 nitrogen and oxygen atoms in total. The summed E-state index contributed by atoms with van der Waals surface area (Å²) in [6.45, 7) is 5.84. The van der Waals surface area contributed by atoms with Gasteiger partial charge in [-0.1, -0.05) is 23.7 Å². The first kappa shape index (κ1) is 19.8. The Bertz CT molecular complexity index is 1280. The van der Waals surface area contributed by atoms with Gasteiger partial charge in [0.2, 0.25) is 0 Å². The SMILES string of the molecule is Cc1nn(-c2cc(Cc3nn(C)c(-c4ccc(C#N)cc4)c3C)ncn2)c(C)c1Cl. The van der Waals surface area contributed by atoms with E-state index >= 15 is 0 Å². The minimum atomic E-state index is 0.568. The highest BCUT2D eigenvalue weighted by Gasteiger charge is 2.17. The summed E-state index contributed by atoms with van der Waals surface area (Å²) in [5.74, 6) is 0.674. The van der Waals surface area contributed by atoms with E-state index in [2.05, 4.69) is 28.1 Å². The molecule has 0 saturated carbocycles. The summed E-state index contributed by atoms with van der Waals surface area (Å²) in [6.07, 6.45) is 2.10. The molecule has 150 valence electrons. The van der Waals surface area contributed by atoms with Crippen LogP contribution in [-0.2, 0) is 13.5 Å². The standard InChI is InChI=1S/C22H20ClN7/c1-13-19(28-29(4)22(13)17-7-5-16(11-24)6-8-17)9-18-10-20(26-12-25-18)30-15(3)21(23)14(2)27-30/h5-8,10,12H,9H2,1-4H3. The molecule has 0 fully saturated rings. The molecule has 30 heavy (non-hydrogen) atoms. The van der Waals surface area contributed by atoms with Gasteiger partial charge in [-0.25, -0.2) is 14.6 Å². The zero-order valence-electron chi connectivity index (χ0n) is 17.2. The van der Waals surface area contributed by atoms with Crippen molar-refractivity contribution in [2.24, 2.45) is 7.05 Å². The van der Waals surface area contributed by atoms with Gasteiger partial charge in [-0.3, -0.25) is 4.68 Å². The maximum atomic E-state index is 9.02. The molecule has 0 unspecified atom stereocenters. The maximum absolute atomic E-state index is 9.02. The third-order valence-corrected chi connectivity index (χ3v) is 5.69. The lowest BCUT2D eigenvalue weighted by Crippen LogP contribution is -2.05. The minimum Gasteiger partial charge on any atom is -0.267 e. The summed E-state index contributed by atoms with van der Waals surface area (Å²) in [5.41, 5.74) is 7.15. The van der Waals surface area contributed by atoms with Crippen LogP contribution < -0.4 is 0 Å². The largest absolute Gasteiger partial charge is 0.267 e. The molecule has 4 aromatic rings. The van der Waals surface area contributed by atoms with Crippen LogP contribution in [0.5, 0.6) is 0 Å². The summed E-state index contributed by atoms with van der Waals surface area (Å²) >= 11 is 6.28. The van der Waals surface area contributed by atoms with Crippen molar-refractivity contribution >= 4 is 11.6 Å². The van der Waals surface area contributed by atoms with Gasteiger partial charge in [0.25, 0.3) is 0 Å². The van der Waals surface area contributed by atoms with E-state index in [4.69, 9.17) is 22.0 Å². The Kier molecular flexibility index (Phi) is 5.10. The van der Waals surface area contributed by atoms with Crippen molar-refractivity contribution in [3.8, 4) is 23.1 Å². The predicted octanol–water partition coefficient (Wildman–Crippen LogP) is 4.10. The number of nitrogens with zero attached hydrogens (tertiary/aromatic N) is 7. The van der Waals surface area contributed by atoms with Gasteiger partial charge in [0, 0.05) is 25.1 Å². The minimum absolute atomic E-state index is 0.568. The third-order valence-electron chi connectivity index (χ3n) is 5.15. The molecule has 1 aromatic carbocycles. The van der Waals surface area contributed by atoms with E-state index in [0.29, 0.717) is 22.8 Å². The Hall–Kier alpha value is -3.50. The van der Waals surface area contributed by atoms with Gasteiger partial charge >= 0.3 is 0 Å². The number of hydrogen-bond acceptors (Lipinski definition) is 5. The van der Waals surface area contributed by atoms with Crippen molar-refractivity contribution < 1.29 is 0 Å². The van der Waals surface area contributed by atoms with Crippen molar-refractivity contribution in [3.05, 3.63) is 75.6 Å². The van der Waals surface area contributed by atoms with E-state index in [-0.39, 0.29) is 0 Å². The van der Waals surface area contributed by atoms with Crippen molar-refractivity contribution in [1.29, 1.82) is 5.26 Å². The van der Waals surface area contributed by atoms with E-state index in [0.717, 1.165) is 39.6 Å². The van der Waals surface area contributed by atoms with Gasteiger partial charge in [-0.05, 0) is 38.5 Å². The fraction of sp³-hybridized carbons (Fsp3) is 0.227. The van der Waals surface area contributed by atoms with Gasteiger partial charge in [-0.15, -0.1) is 0 Å². The van der Waals surface area contributed by atoms with E-state index in [1.54, 1.807) is 4.68 Å². The molecule has 0 N–H and O–H groups in total. The number of nitriles is 1. The maximum Gasteiger partial charge on any atom is 0.157 e. The van der Waals surface area contributed by atoms with Crippen molar-refractivity contribution in [2.45, 2.75) is 27.2 Å². The number of halogens is 1. The van der Waals surface area contributed by atoms with Crippen molar-refractivity contribution in [3.63, 3.8) is 0 Å². The second-order valence-electron chi connectivity index (χ2n) is 7.17. The normalized spacial score (nSPS) is 10.9. The highest BCUT2D eigenvalue weighted by molar-refractivity contribution is 6.31. The lowest BCUT2D eigenvalue weighted by atomic mass is 10.0. The molecular weight excluding hydrogens is 398 g/mol. The first-order valence-corrected chi connectivity index (χ1v) is 9.83. The van der Waals surface area contributed by atoms with Gasteiger partial charge in [-0.2, -0.15) is 15.5 Å². The number of hydrogen-bond donors (Lipinski definition) is 0. The number of aryl methyl sites for hydroxylation is 2. The smallest absolute Gasteiger partial charge is 0.157 e. The summed E-state index contributed by atoms with van der Waals surface area (Å²) in [5, 5.41) is 18.8. The van der Waals surface area contributed by atoms with E-state index in [1.165, 1.54) is 6.33 Å². The zero-order chi connectivity index (χ0) is 21.4. The third kappa shape index (κ3) is 3.46. The summed E-state index contributed by atoms with van der Waals surface area (Å²) in [7, 11) is 1.92. The molecule has 3 aromatic heterocycles. The molecule has 0 saturated heterocycles. The van der Waals surface area contributed by atoms with Crippen LogP contribution in [0, 0.1) is 32.1 Å². The van der Waals surface area contributed by atoms with Gasteiger partial charge in [0.15, 0.2) is 5.82 Å². The number of aromatic nitrogens is 6. The zero-order valence-corrected chi connectivity index (χ0v) is 17.9. The van der Waals surface area contributed by atoms with E-state index < -0.39 is 0 Å². The predicted molar refractivity (Wildman–Crippen MR) is 115 cm³/mol. The van der Waals surface area contributed by atoms with Crippen molar-refractivity contribution in [1.82, 2.24) is 29.5 Å². The first-order valence-electron chi connectivity index (χ1n) is 9.45. The second kappa shape index (κ2) is 7.73. The van der Waals surface area contributed by atoms with Crippen LogP contribution in [-0.4, -0.2) is 29.5 Å². The second-order valence-corrected chi connectivity index (χ2v) is 7.55. The van der Waals surface area contributed by atoms with Crippen LogP contribution in [0.2, 0.25) is 5.02 Å². The molecule has 8 heteroatoms. The van der Waals surface area contributed by atoms with Crippen LogP contribution in [0.4, 0.5) is 0 Å². The molecule has 4 rings (SSSR count). The van der Waals surface area contributed by atoms with Gasteiger partial charge in [0.05, 0.1) is 45.1 Å². The quantitative estimate of drug-likeness (QED) is 0.499. The highest BCUT2D eigenvalue weighted by Crippen LogP contribution is 2.27.